The molecule has 0 atom stereocenters. The van der Waals surface area contributed by atoms with E-state index in [1.807, 2.05) is 30.5 Å². The number of rotatable bonds is 1. The van der Waals surface area contributed by atoms with Crippen molar-refractivity contribution in [1.82, 2.24) is 4.98 Å². The van der Waals surface area contributed by atoms with E-state index < -0.39 is 0 Å². The van der Waals surface area contributed by atoms with Gasteiger partial charge in [-0.25, -0.2) is 0 Å². The van der Waals surface area contributed by atoms with Gasteiger partial charge in [0.05, 0.1) is 5.69 Å². The van der Waals surface area contributed by atoms with Crippen LogP contribution in [0.5, 0.6) is 0 Å². The van der Waals surface area contributed by atoms with Crippen LogP contribution in [0, 0.1) is 0 Å². The van der Waals surface area contributed by atoms with Gasteiger partial charge in [0, 0.05) is 21.9 Å². The standard InChI is InChI=1S/C10H7BrClN/c11-6-10-9-5-8(12)2-1-7(9)3-4-13-10/h1-5H,6H2. The molecule has 1 heterocycles. The van der Waals surface area contributed by atoms with E-state index in [9.17, 15) is 0 Å². The minimum atomic E-state index is 0.753. The molecule has 0 saturated heterocycles. The average molecular weight is 257 g/mol. The van der Waals surface area contributed by atoms with Crippen LogP contribution < -0.4 is 0 Å². The lowest BCUT2D eigenvalue weighted by Gasteiger charge is -2.02. The van der Waals surface area contributed by atoms with E-state index in [2.05, 4.69) is 20.9 Å². The van der Waals surface area contributed by atoms with Crippen molar-refractivity contribution in [2.24, 2.45) is 0 Å². The lowest BCUT2D eigenvalue weighted by atomic mass is 10.1. The Bertz CT molecular complexity index is 442. The molecule has 1 nitrogen and oxygen atoms in total. The van der Waals surface area contributed by atoms with E-state index in [1.165, 1.54) is 5.39 Å². The van der Waals surface area contributed by atoms with Crippen LogP contribution in [-0.2, 0) is 5.33 Å². The fraction of sp³-hybridized carbons (Fsp3) is 0.100. The van der Waals surface area contributed by atoms with E-state index >= 15 is 0 Å². The summed E-state index contributed by atoms with van der Waals surface area (Å²) in [7, 11) is 0. The quantitative estimate of drug-likeness (QED) is 0.708. The molecule has 0 amide bonds. The lowest BCUT2D eigenvalue weighted by molar-refractivity contribution is 1.22. The Balaban J connectivity index is 2.79. The molecule has 0 saturated carbocycles. The van der Waals surface area contributed by atoms with E-state index in [1.54, 1.807) is 0 Å². The van der Waals surface area contributed by atoms with Gasteiger partial charge in [-0.15, -0.1) is 0 Å². The largest absolute Gasteiger partial charge is 0.260 e. The Hall–Kier alpha value is -0.600. The first-order valence-corrected chi connectivity index (χ1v) is 5.40. The number of pyridine rings is 1. The van der Waals surface area contributed by atoms with Crippen LogP contribution in [0.2, 0.25) is 5.02 Å². The number of nitrogens with zero attached hydrogens (tertiary/aromatic N) is 1. The normalized spacial score (nSPS) is 10.6. The summed E-state index contributed by atoms with van der Waals surface area (Å²) in [6.45, 7) is 0. The molecule has 1 aromatic carbocycles. The summed E-state index contributed by atoms with van der Waals surface area (Å²) >= 11 is 9.30. The number of halogens is 2. The van der Waals surface area contributed by atoms with Gasteiger partial charge in [0.1, 0.15) is 0 Å². The maximum absolute atomic E-state index is 5.90. The van der Waals surface area contributed by atoms with E-state index in [4.69, 9.17) is 11.6 Å². The van der Waals surface area contributed by atoms with Crippen molar-refractivity contribution in [3.05, 3.63) is 41.2 Å². The molecular weight excluding hydrogens is 249 g/mol. The summed E-state index contributed by atoms with van der Waals surface area (Å²) in [6, 6.07) is 7.83. The van der Waals surface area contributed by atoms with Gasteiger partial charge in [0.15, 0.2) is 0 Å². The van der Waals surface area contributed by atoms with Crippen LogP contribution >= 0.6 is 27.5 Å². The average Bonchev–Trinajstić information content (AvgIpc) is 2.17. The topological polar surface area (TPSA) is 12.9 Å². The van der Waals surface area contributed by atoms with Gasteiger partial charge in [-0.05, 0) is 23.6 Å². The van der Waals surface area contributed by atoms with Gasteiger partial charge < -0.3 is 0 Å². The smallest absolute Gasteiger partial charge is 0.0587 e. The molecule has 0 aliphatic heterocycles. The number of alkyl halides is 1. The zero-order valence-corrected chi connectivity index (χ0v) is 9.14. The zero-order chi connectivity index (χ0) is 9.26. The van der Waals surface area contributed by atoms with Crippen molar-refractivity contribution in [1.29, 1.82) is 0 Å². The highest BCUT2D eigenvalue weighted by Gasteiger charge is 2.00. The molecule has 0 aliphatic rings. The van der Waals surface area contributed by atoms with Crippen molar-refractivity contribution in [3.8, 4) is 0 Å². The number of benzene rings is 1. The van der Waals surface area contributed by atoms with Crippen LogP contribution in [0.4, 0.5) is 0 Å². The first-order valence-electron chi connectivity index (χ1n) is 3.90. The summed E-state index contributed by atoms with van der Waals surface area (Å²) in [4.78, 5) is 4.26. The number of fused-ring (bicyclic) bond motifs is 1. The van der Waals surface area contributed by atoms with Crippen molar-refractivity contribution in [2.75, 3.05) is 0 Å². The molecule has 0 N–H and O–H groups in total. The molecule has 13 heavy (non-hydrogen) atoms. The van der Waals surface area contributed by atoms with Gasteiger partial charge in [-0.3, -0.25) is 4.98 Å². The number of hydrogen-bond acceptors (Lipinski definition) is 1. The highest BCUT2D eigenvalue weighted by Crippen LogP contribution is 2.22. The molecular formula is C10H7BrClN. The molecule has 0 radical (unpaired) electrons. The molecule has 1 aromatic heterocycles. The minimum absolute atomic E-state index is 0.753. The molecule has 3 heteroatoms. The van der Waals surface area contributed by atoms with Crippen molar-refractivity contribution < 1.29 is 0 Å². The predicted molar refractivity (Wildman–Crippen MR) is 59.4 cm³/mol. The van der Waals surface area contributed by atoms with Crippen molar-refractivity contribution >= 4 is 38.3 Å². The Morgan fingerprint density at radius 3 is 2.92 bits per heavy atom. The van der Waals surface area contributed by atoms with Gasteiger partial charge in [0.25, 0.3) is 0 Å². The second kappa shape index (κ2) is 3.64. The summed E-state index contributed by atoms with van der Waals surface area (Å²) in [6.07, 6.45) is 1.81. The summed E-state index contributed by atoms with van der Waals surface area (Å²) in [5.74, 6) is 0. The van der Waals surface area contributed by atoms with Gasteiger partial charge in [-0.2, -0.15) is 0 Å². The van der Waals surface area contributed by atoms with Crippen LogP contribution in [0.25, 0.3) is 10.8 Å². The molecule has 0 aliphatic carbocycles. The first kappa shape index (κ1) is 8.97. The van der Waals surface area contributed by atoms with Crippen LogP contribution in [0.1, 0.15) is 5.69 Å². The minimum Gasteiger partial charge on any atom is -0.260 e. The van der Waals surface area contributed by atoms with Gasteiger partial charge >= 0.3 is 0 Å². The van der Waals surface area contributed by atoms with Crippen LogP contribution in [-0.4, -0.2) is 4.98 Å². The maximum Gasteiger partial charge on any atom is 0.0587 e. The monoisotopic (exact) mass is 255 g/mol. The third-order valence-corrected chi connectivity index (χ3v) is 2.70. The summed E-state index contributed by atoms with van der Waals surface area (Å²) in [5.41, 5.74) is 1.03. The Kier molecular flexibility index (Phi) is 2.51. The van der Waals surface area contributed by atoms with Gasteiger partial charge in [0.2, 0.25) is 0 Å². The fourth-order valence-electron chi connectivity index (χ4n) is 1.31. The van der Waals surface area contributed by atoms with E-state index in [-0.39, 0.29) is 0 Å². The highest BCUT2D eigenvalue weighted by molar-refractivity contribution is 9.08. The first-order chi connectivity index (χ1) is 6.31. The number of aromatic nitrogens is 1. The summed E-state index contributed by atoms with van der Waals surface area (Å²) < 4.78 is 0. The maximum atomic E-state index is 5.90. The molecule has 2 aromatic rings. The fourth-order valence-corrected chi connectivity index (χ4v) is 1.93. The SMILES string of the molecule is Clc1ccc2ccnc(CBr)c2c1. The molecule has 0 spiro atoms. The van der Waals surface area contributed by atoms with Gasteiger partial charge in [-0.1, -0.05) is 33.6 Å². The Morgan fingerprint density at radius 1 is 1.31 bits per heavy atom. The van der Waals surface area contributed by atoms with E-state index in [0.29, 0.717) is 0 Å². The predicted octanol–water partition coefficient (Wildman–Crippen LogP) is 3.78. The lowest BCUT2D eigenvalue weighted by Crippen LogP contribution is -1.86. The third kappa shape index (κ3) is 1.69. The molecule has 66 valence electrons. The molecule has 0 bridgehead atoms. The van der Waals surface area contributed by atoms with Crippen molar-refractivity contribution in [2.45, 2.75) is 5.33 Å². The zero-order valence-electron chi connectivity index (χ0n) is 6.80. The Morgan fingerprint density at radius 2 is 2.15 bits per heavy atom. The van der Waals surface area contributed by atoms with Crippen molar-refractivity contribution in [3.63, 3.8) is 0 Å². The third-order valence-electron chi connectivity index (χ3n) is 1.94. The Labute approximate surface area is 89.9 Å². The molecule has 0 fully saturated rings. The van der Waals surface area contributed by atoms with Crippen LogP contribution in [0.15, 0.2) is 30.5 Å². The number of hydrogen-bond donors (Lipinski definition) is 0. The highest BCUT2D eigenvalue weighted by atomic mass is 79.9. The second-order valence-electron chi connectivity index (χ2n) is 2.76. The summed E-state index contributed by atoms with van der Waals surface area (Å²) in [5, 5.41) is 3.80. The van der Waals surface area contributed by atoms with E-state index in [0.717, 1.165) is 21.4 Å². The second-order valence-corrected chi connectivity index (χ2v) is 3.75. The molecule has 2 rings (SSSR count). The molecule has 0 unspecified atom stereocenters. The van der Waals surface area contributed by atoms with Crippen LogP contribution in [0.3, 0.4) is 0 Å².